The zero-order valence-electron chi connectivity index (χ0n) is 9.52. The largest absolute Gasteiger partial charge is 0.478 e. The van der Waals surface area contributed by atoms with Crippen LogP contribution >= 0.6 is 0 Å². The number of aromatic nitrogens is 2. The highest BCUT2D eigenvalue weighted by Crippen LogP contribution is 2.15. The summed E-state index contributed by atoms with van der Waals surface area (Å²) in [6.45, 7) is 0. The van der Waals surface area contributed by atoms with Crippen LogP contribution in [0.1, 0.15) is 10.4 Å². The average Bonchev–Trinajstić information content (AvgIpc) is 2.39. The van der Waals surface area contributed by atoms with Crippen LogP contribution in [0.25, 0.3) is 0 Å². The molecule has 1 aromatic heterocycles. The third-order valence-corrected chi connectivity index (χ3v) is 3.58. The maximum Gasteiger partial charge on any atom is 0.335 e. The average molecular weight is 279 g/mol. The lowest BCUT2D eigenvalue weighted by Gasteiger charge is -2.07. The number of sulfonamides is 1. The molecule has 7 nitrogen and oxygen atoms in total. The Morgan fingerprint density at radius 1 is 1.21 bits per heavy atom. The molecule has 0 aliphatic rings. The fourth-order valence-corrected chi connectivity index (χ4v) is 2.44. The van der Waals surface area contributed by atoms with E-state index < -0.39 is 16.0 Å². The molecule has 0 atom stereocenters. The zero-order chi connectivity index (χ0) is 13.9. The Kier molecular flexibility index (Phi) is 3.43. The summed E-state index contributed by atoms with van der Waals surface area (Å²) in [5.41, 5.74) is 0.0930. The number of anilines is 1. The zero-order valence-corrected chi connectivity index (χ0v) is 10.3. The van der Waals surface area contributed by atoms with Crippen molar-refractivity contribution >= 4 is 21.7 Å². The van der Waals surface area contributed by atoms with E-state index in [4.69, 9.17) is 5.11 Å². The van der Waals surface area contributed by atoms with Crippen molar-refractivity contribution in [3.8, 4) is 0 Å². The summed E-state index contributed by atoms with van der Waals surface area (Å²) >= 11 is 0. The molecule has 0 bridgehead atoms. The number of benzene rings is 1. The van der Waals surface area contributed by atoms with E-state index in [0.29, 0.717) is 0 Å². The highest BCUT2D eigenvalue weighted by atomic mass is 32.2. The Hall–Kier alpha value is -2.48. The number of hydrogen-bond acceptors (Lipinski definition) is 5. The van der Waals surface area contributed by atoms with Gasteiger partial charge in [0.05, 0.1) is 28.5 Å². The van der Waals surface area contributed by atoms with E-state index in [1.54, 1.807) is 0 Å². The fraction of sp³-hybridized carbons (Fsp3) is 0. The van der Waals surface area contributed by atoms with E-state index >= 15 is 0 Å². The third-order valence-electron chi connectivity index (χ3n) is 2.20. The molecule has 98 valence electrons. The molecule has 19 heavy (non-hydrogen) atoms. The quantitative estimate of drug-likeness (QED) is 0.863. The first-order chi connectivity index (χ1) is 8.99. The Labute approximate surface area is 109 Å². The molecule has 0 saturated heterocycles. The first-order valence-electron chi connectivity index (χ1n) is 5.10. The SMILES string of the molecule is O=C(O)c1cccc(S(=O)(=O)Nc2cncnc2)c1. The van der Waals surface area contributed by atoms with Gasteiger partial charge in [-0.05, 0) is 18.2 Å². The molecule has 0 aliphatic carbocycles. The van der Waals surface area contributed by atoms with Gasteiger partial charge in [-0.2, -0.15) is 0 Å². The third kappa shape index (κ3) is 3.05. The number of carboxylic acids is 1. The summed E-state index contributed by atoms with van der Waals surface area (Å²) in [5.74, 6) is -1.19. The van der Waals surface area contributed by atoms with Gasteiger partial charge in [-0.3, -0.25) is 4.72 Å². The number of rotatable bonds is 4. The van der Waals surface area contributed by atoms with Crippen LogP contribution in [-0.4, -0.2) is 29.5 Å². The van der Waals surface area contributed by atoms with Gasteiger partial charge in [0.25, 0.3) is 10.0 Å². The molecule has 0 saturated carbocycles. The molecule has 0 spiro atoms. The maximum absolute atomic E-state index is 12.0. The molecule has 1 aromatic carbocycles. The van der Waals surface area contributed by atoms with Crippen LogP contribution < -0.4 is 4.72 Å². The molecule has 0 fully saturated rings. The lowest BCUT2D eigenvalue weighted by molar-refractivity contribution is 0.0696. The Bertz CT molecular complexity index is 701. The van der Waals surface area contributed by atoms with Gasteiger partial charge in [0.15, 0.2) is 0 Å². The fourth-order valence-electron chi connectivity index (χ4n) is 1.36. The molecule has 2 N–H and O–H groups in total. The van der Waals surface area contributed by atoms with E-state index in [9.17, 15) is 13.2 Å². The van der Waals surface area contributed by atoms with Crippen molar-refractivity contribution in [2.75, 3.05) is 4.72 Å². The smallest absolute Gasteiger partial charge is 0.335 e. The van der Waals surface area contributed by atoms with Crippen LogP contribution in [0, 0.1) is 0 Å². The minimum Gasteiger partial charge on any atom is -0.478 e. The second kappa shape index (κ2) is 5.02. The number of aromatic carboxylic acids is 1. The predicted octanol–water partition coefficient (Wildman–Crippen LogP) is 0.976. The van der Waals surface area contributed by atoms with Crippen molar-refractivity contribution in [3.63, 3.8) is 0 Å². The van der Waals surface area contributed by atoms with Gasteiger partial charge in [0.1, 0.15) is 6.33 Å². The first kappa shape index (κ1) is 13.0. The molecular formula is C11H9N3O4S. The standard InChI is InChI=1S/C11H9N3O4S/c15-11(16)8-2-1-3-10(4-8)19(17,18)14-9-5-12-7-13-6-9/h1-7,14H,(H,15,16). The van der Waals surface area contributed by atoms with Gasteiger partial charge in [0, 0.05) is 0 Å². The molecule has 2 rings (SSSR count). The van der Waals surface area contributed by atoms with Crippen molar-refractivity contribution in [2.45, 2.75) is 4.90 Å². The predicted molar refractivity (Wildman–Crippen MR) is 66.2 cm³/mol. The van der Waals surface area contributed by atoms with E-state index in [1.807, 2.05) is 0 Å². The molecular weight excluding hydrogens is 270 g/mol. The molecule has 0 amide bonds. The lowest BCUT2D eigenvalue weighted by Crippen LogP contribution is -2.14. The normalized spacial score (nSPS) is 10.9. The van der Waals surface area contributed by atoms with Crippen LogP contribution in [0.3, 0.4) is 0 Å². The Morgan fingerprint density at radius 3 is 2.53 bits per heavy atom. The Balaban J connectivity index is 2.35. The number of nitrogens with zero attached hydrogens (tertiary/aromatic N) is 2. The number of carboxylic acid groups (broad SMARTS) is 1. The van der Waals surface area contributed by atoms with E-state index in [-0.39, 0.29) is 16.1 Å². The molecule has 0 unspecified atom stereocenters. The minimum absolute atomic E-state index is 0.104. The van der Waals surface area contributed by atoms with Crippen molar-refractivity contribution in [2.24, 2.45) is 0 Å². The summed E-state index contributed by atoms with van der Waals surface area (Å²) < 4.78 is 26.3. The highest BCUT2D eigenvalue weighted by molar-refractivity contribution is 7.92. The van der Waals surface area contributed by atoms with Crippen LogP contribution in [0.5, 0.6) is 0 Å². The van der Waals surface area contributed by atoms with Crippen LogP contribution in [0.15, 0.2) is 47.9 Å². The summed E-state index contributed by atoms with van der Waals surface area (Å²) in [5, 5.41) is 8.83. The van der Waals surface area contributed by atoms with Crippen molar-refractivity contribution in [3.05, 3.63) is 48.5 Å². The topological polar surface area (TPSA) is 109 Å². The molecule has 8 heteroatoms. The van der Waals surface area contributed by atoms with Gasteiger partial charge in [-0.15, -0.1) is 0 Å². The molecule has 1 heterocycles. The summed E-state index contributed by atoms with van der Waals surface area (Å²) in [6, 6.07) is 5.06. The minimum atomic E-state index is -3.86. The van der Waals surface area contributed by atoms with E-state index in [0.717, 1.165) is 6.07 Å². The van der Waals surface area contributed by atoms with Crippen LogP contribution in [-0.2, 0) is 10.0 Å². The summed E-state index contributed by atoms with van der Waals surface area (Å²) in [4.78, 5) is 18.0. The molecule has 2 aromatic rings. The van der Waals surface area contributed by atoms with Crippen molar-refractivity contribution < 1.29 is 18.3 Å². The van der Waals surface area contributed by atoms with Gasteiger partial charge >= 0.3 is 5.97 Å². The van der Waals surface area contributed by atoms with Crippen LogP contribution in [0.2, 0.25) is 0 Å². The number of carbonyl (C=O) groups is 1. The molecule has 0 aliphatic heterocycles. The Morgan fingerprint density at radius 2 is 1.89 bits per heavy atom. The van der Waals surface area contributed by atoms with Crippen molar-refractivity contribution in [1.29, 1.82) is 0 Å². The summed E-state index contributed by atoms with van der Waals surface area (Å²) in [6.07, 6.45) is 3.86. The highest BCUT2D eigenvalue weighted by Gasteiger charge is 2.16. The van der Waals surface area contributed by atoms with Gasteiger partial charge in [-0.25, -0.2) is 23.2 Å². The summed E-state index contributed by atoms with van der Waals surface area (Å²) in [7, 11) is -3.86. The first-order valence-corrected chi connectivity index (χ1v) is 6.58. The van der Waals surface area contributed by atoms with Gasteiger partial charge in [0.2, 0.25) is 0 Å². The van der Waals surface area contributed by atoms with Crippen LogP contribution in [0.4, 0.5) is 5.69 Å². The second-order valence-electron chi connectivity index (χ2n) is 3.57. The van der Waals surface area contributed by atoms with Gasteiger partial charge in [-0.1, -0.05) is 6.07 Å². The maximum atomic E-state index is 12.0. The number of nitrogens with one attached hydrogen (secondary N) is 1. The molecule has 0 radical (unpaired) electrons. The monoisotopic (exact) mass is 279 g/mol. The lowest BCUT2D eigenvalue weighted by atomic mass is 10.2. The number of hydrogen-bond donors (Lipinski definition) is 2. The van der Waals surface area contributed by atoms with Crippen molar-refractivity contribution in [1.82, 2.24) is 9.97 Å². The van der Waals surface area contributed by atoms with Gasteiger partial charge < -0.3 is 5.11 Å². The van der Waals surface area contributed by atoms with E-state index in [1.165, 1.54) is 36.9 Å². The van der Waals surface area contributed by atoms with E-state index in [2.05, 4.69) is 14.7 Å². The second-order valence-corrected chi connectivity index (χ2v) is 5.25.